The van der Waals surface area contributed by atoms with Crippen LogP contribution in [0.1, 0.15) is 34.0 Å². The van der Waals surface area contributed by atoms with E-state index in [0.717, 1.165) is 5.56 Å². The smallest absolute Gasteiger partial charge is 0.259 e. The van der Waals surface area contributed by atoms with Crippen LogP contribution in [0.3, 0.4) is 0 Å². The fourth-order valence-corrected chi connectivity index (χ4v) is 3.69. The average molecular weight is 469 g/mol. The molecule has 1 aliphatic rings. The van der Waals surface area contributed by atoms with E-state index in [0.29, 0.717) is 40.4 Å². The van der Waals surface area contributed by atoms with Gasteiger partial charge in [-0.2, -0.15) is 5.10 Å². The van der Waals surface area contributed by atoms with Gasteiger partial charge in [-0.15, -0.1) is 0 Å². The lowest BCUT2D eigenvalue weighted by Gasteiger charge is -2.18. The van der Waals surface area contributed by atoms with E-state index in [2.05, 4.69) is 15.8 Å². The minimum atomic E-state index is -0.564. The Morgan fingerprint density at radius 3 is 2.49 bits per heavy atom. The van der Waals surface area contributed by atoms with Crippen molar-refractivity contribution in [2.45, 2.75) is 13.8 Å². The van der Waals surface area contributed by atoms with E-state index < -0.39 is 17.6 Å². The molecule has 1 aliphatic carbocycles. The highest BCUT2D eigenvalue weighted by molar-refractivity contribution is 6.59. The minimum Gasteiger partial charge on any atom is -0.492 e. The molecule has 0 aliphatic heterocycles. The summed E-state index contributed by atoms with van der Waals surface area (Å²) < 4.78 is 5.57. The maximum absolute atomic E-state index is 13.4. The Hall–Kier alpha value is -4.72. The molecule has 0 radical (unpaired) electrons. The largest absolute Gasteiger partial charge is 0.492 e. The maximum Gasteiger partial charge on any atom is 0.259 e. The number of amides is 2. The number of ketones is 1. The van der Waals surface area contributed by atoms with Crippen LogP contribution in [0.4, 0.5) is 11.4 Å². The topological polar surface area (TPSA) is 123 Å². The van der Waals surface area contributed by atoms with Gasteiger partial charge in [-0.25, -0.2) is 0 Å². The van der Waals surface area contributed by atoms with Gasteiger partial charge >= 0.3 is 0 Å². The summed E-state index contributed by atoms with van der Waals surface area (Å²) in [4.78, 5) is 37.9. The summed E-state index contributed by atoms with van der Waals surface area (Å²) in [5, 5.41) is 7.13. The Kier molecular flexibility index (Phi) is 6.73. The standard InChI is InChI=1S/C27H24N4O4/c1-3-35-23-11-7-6-10-22(23)29-27(34)20-15-17-8-4-5-9-19(17)24(25(20)32)31-30-21-13-12-18(26(28)33)14-16(21)2/h4-15,30H,3H2,1-2H3,(H2,28,33)(H,29,34)/b31-24-. The third kappa shape index (κ3) is 4.96. The highest BCUT2D eigenvalue weighted by Gasteiger charge is 2.30. The number of carbonyl (C=O) groups is 3. The number of hydrogen-bond donors (Lipinski definition) is 3. The van der Waals surface area contributed by atoms with E-state index in [-0.39, 0.29) is 11.3 Å². The summed E-state index contributed by atoms with van der Waals surface area (Å²) >= 11 is 0. The van der Waals surface area contributed by atoms with Gasteiger partial charge in [0.25, 0.3) is 5.91 Å². The van der Waals surface area contributed by atoms with E-state index >= 15 is 0 Å². The molecule has 0 fully saturated rings. The number of primary amides is 1. The van der Waals surface area contributed by atoms with Gasteiger partial charge in [-0.3, -0.25) is 19.8 Å². The van der Waals surface area contributed by atoms with Crippen molar-refractivity contribution in [1.29, 1.82) is 0 Å². The Morgan fingerprint density at radius 2 is 1.74 bits per heavy atom. The number of fused-ring (bicyclic) bond motifs is 1. The molecule has 35 heavy (non-hydrogen) atoms. The summed E-state index contributed by atoms with van der Waals surface area (Å²) in [5.74, 6) is -1.10. The molecule has 8 heteroatoms. The van der Waals surface area contributed by atoms with Gasteiger partial charge in [0.1, 0.15) is 11.5 Å². The molecular formula is C27H24N4O4. The highest BCUT2D eigenvalue weighted by Crippen LogP contribution is 2.27. The third-order valence-corrected chi connectivity index (χ3v) is 5.45. The zero-order chi connectivity index (χ0) is 24.9. The zero-order valence-electron chi connectivity index (χ0n) is 19.3. The number of nitrogens with one attached hydrogen (secondary N) is 2. The first-order chi connectivity index (χ1) is 16.9. The Bertz CT molecular complexity index is 1390. The van der Waals surface area contributed by atoms with E-state index in [1.807, 2.05) is 19.1 Å². The number of ether oxygens (including phenoxy) is 1. The molecule has 4 N–H and O–H groups in total. The van der Waals surface area contributed by atoms with Gasteiger partial charge < -0.3 is 15.8 Å². The van der Waals surface area contributed by atoms with Crippen LogP contribution in [0.15, 0.2) is 77.4 Å². The number of rotatable bonds is 7. The van der Waals surface area contributed by atoms with Crippen molar-refractivity contribution in [1.82, 2.24) is 0 Å². The van der Waals surface area contributed by atoms with Gasteiger partial charge in [0, 0.05) is 11.1 Å². The first-order valence-electron chi connectivity index (χ1n) is 11.0. The average Bonchev–Trinajstić information content (AvgIpc) is 2.85. The Balaban J connectivity index is 1.66. The van der Waals surface area contributed by atoms with Gasteiger partial charge in [-0.05, 0) is 61.4 Å². The fourth-order valence-electron chi connectivity index (χ4n) is 3.69. The monoisotopic (exact) mass is 468 g/mol. The van der Waals surface area contributed by atoms with Crippen LogP contribution in [0, 0.1) is 6.92 Å². The number of nitrogens with two attached hydrogens (primary N) is 1. The summed E-state index contributed by atoms with van der Waals surface area (Å²) in [6.45, 7) is 4.08. The van der Waals surface area contributed by atoms with Crippen molar-refractivity contribution in [3.63, 3.8) is 0 Å². The van der Waals surface area contributed by atoms with Crippen molar-refractivity contribution in [2.75, 3.05) is 17.3 Å². The van der Waals surface area contributed by atoms with Gasteiger partial charge in [0.15, 0.2) is 0 Å². The molecule has 0 spiro atoms. The van der Waals surface area contributed by atoms with Crippen LogP contribution in [0.25, 0.3) is 6.08 Å². The van der Waals surface area contributed by atoms with E-state index in [9.17, 15) is 14.4 Å². The fraction of sp³-hybridized carbons (Fsp3) is 0.111. The normalized spacial score (nSPS) is 13.6. The molecule has 0 saturated carbocycles. The quantitative estimate of drug-likeness (QED) is 0.358. The predicted octanol–water partition coefficient (Wildman–Crippen LogP) is 3.91. The Morgan fingerprint density at radius 1 is 1.00 bits per heavy atom. The first-order valence-corrected chi connectivity index (χ1v) is 11.0. The third-order valence-electron chi connectivity index (χ3n) is 5.45. The second kappa shape index (κ2) is 10.0. The van der Waals surface area contributed by atoms with E-state index in [1.165, 1.54) is 0 Å². The van der Waals surface area contributed by atoms with Gasteiger partial charge in [0.05, 0.1) is 23.6 Å². The molecule has 0 aromatic heterocycles. The van der Waals surface area contributed by atoms with Crippen LogP contribution in [-0.4, -0.2) is 29.9 Å². The molecule has 0 bridgehead atoms. The molecular weight excluding hydrogens is 444 g/mol. The molecule has 3 aromatic rings. The molecule has 8 nitrogen and oxygen atoms in total. The second-order valence-electron chi connectivity index (χ2n) is 7.82. The summed E-state index contributed by atoms with van der Waals surface area (Å²) in [7, 11) is 0. The van der Waals surface area contributed by atoms with Crippen molar-refractivity contribution in [3.8, 4) is 5.75 Å². The van der Waals surface area contributed by atoms with Crippen LogP contribution in [0.2, 0.25) is 0 Å². The molecule has 2 amide bonds. The van der Waals surface area contributed by atoms with Crippen molar-refractivity contribution >= 4 is 40.8 Å². The molecule has 176 valence electrons. The number of para-hydroxylation sites is 2. The lowest BCUT2D eigenvalue weighted by molar-refractivity contribution is -0.116. The molecule has 0 saturated heterocycles. The Labute approximate surface area is 202 Å². The first kappa shape index (κ1) is 23.4. The van der Waals surface area contributed by atoms with Crippen LogP contribution < -0.4 is 21.2 Å². The van der Waals surface area contributed by atoms with Crippen molar-refractivity contribution < 1.29 is 19.1 Å². The maximum atomic E-state index is 13.4. The number of hydrogen-bond acceptors (Lipinski definition) is 6. The van der Waals surface area contributed by atoms with Gasteiger partial charge in [-0.1, -0.05) is 36.4 Å². The molecule has 3 aromatic carbocycles. The van der Waals surface area contributed by atoms with Crippen molar-refractivity contribution in [2.24, 2.45) is 10.8 Å². The number of anilines is 2. The predicted molar refractivity (Wildman–Crippen MR) is 136 cm³/mol. The summed E-state index contributed by atoms with van der Waals surface area (Å²) in [6, 6.07) is 19.1. The van der Waals surface area contributed by atoms with Gasteiger partial charge in [0.2, 0.25) is 11.7 Å². The molecule has 0 unspecified atom stereocenters. The van der Waals surface area contributed by atoms with Crippen molar-refractivity contribution in [3.05, 3.63) is 94.6 Å². The second-order valence-corrected chi connectivity index (χ2v) is 7.82. The van der Waals surface area contributed by atoms with E-state index in [1.54, 1.807) is 67.6 Å². The molecule has 4 rings (SSSR count). The molecule has 0 atom stereocenters. The summed E-state index contributed by atoms with van der Waals surface area (Å²) in [5.41, 5.74) is 11.7. The zero-order valence-corrected chi connectivity index (χ0v) is 19.3. The van der Waals surface area contributed by atoms with Crippen LogP contribution in [-0.2, 0) is 9.59 Å². The number of hydrazone groups is 1. The number of benzene rings is 3. The van der Waals surface area contributed by atoms with E-state index in [4.69, 9.17) is 10.5 Å². The SMILES string of the molecule is CCOc1ccccc1NC(=O)C1=Cc2ccccc2/C(=N/Nc2ccc(C(N)=O)cc2C)C1=O. The lowest BCUT2D eigenvalue weighted by atomic mass is 9.89. The molecule has 0 heterocycles. The lowest BCUT2D eigenvalue weighted by Crippen LogP contribution is -2.30. The number of carbonyl (C=O) groups excluding carboxylic acids is 3. The number of nitrogens with zero attached hydrogens (tertiary/aromatic N) is 1. The summed E-state index contributed by atoms with van der Waals surface area (Å²) in [6.07, 6.45) is 1.56. The van der Waals surface area contributed by atoms with Crippen LogP contribution in [0.5, 0.6) is 5.75 Å². The number of aryl methyl sites for hydroxylation is 1. The minimum absolute atomic E-state index is 0.0450. The highest BCUT2D eigenvalue weighted by atomic mass is 16.5. The van der Waals surface area contributed by atoms with Crippen LogP contribution >= 0.6 is 0 Å². The number of Topliss-reactive ketones (excluding diaryl/α,β-unsaturated/α-hetero) is 1.